The van der Waals surface area contributed by atoms with Crippen LogP contribution in [-0.4, -0.2) is 59.0 Å². The number of carbonyl (C=O) groups is 2. The second-order valence-electron chi connectivity index (χ2n) is 5.38. The lowest BCUT2D eigenvalue weighted by Crippen LogP contribution is -2.36. The molecule has 0 spiro atoms. The number of benzene rings is 1. The number of nitrogens with zero attached hydrogens (tertiary/aromatic N) is 4. The van der Waals surface area contributed by atoms with Gasteiger partial charge in [-0.05, 0) is 30.3 Å². The summed E-state index contributed by atoms with van der Waals surface area (Å²) < 4.78 is 15.5. The Balaban J connectivity index is 2.00. The fourth-order valence-electron chi connectivity index (χ4n) is 2.12. The Labute approximate surface area is 156 Å². The van der Waals surface area contributed by atoms with Crippen molar-refractivity contribution in [1.82, 2.24) is 25.5 Å². The summed E-state index contributed by atoms with van der Waals surface area (Å²) in [6.07, 6.45) is 0.591. The highest BCUT2D eigenvalue weighted by atomic mass is 16.5. The molecule has 27 heavy (non-hydrogen) atoms. The highest BCUT2D eigenvalue weighted by molar-refractivity contribution is 5.83. The Hall–Kier alpha value is -3.43. The van der Waals surface area contributed by atoms with Crippen molar-refractivity contribution in [3.63, 3.8) is 0 Å². The zero-order chi connectivity index (χ0) is 19.8. The van der Waals surface area contributed by atoms with E-state index in [1.165, 1.54) is 27.2 Å². The maximum Gasteiger partial charge on any atom is 0.330 e. The number of rotatable bonds is 9. The molecule has 1 atom stereocenters. The number of carbonyl (C=O) groups excluding carboxylic acids is 2. The van der Waals surface area contributed by atoms with Gasteiger partial charge in [0.1, 0.15) is 0 Å². The molecule has 0 aliphatic carbocycles. The maximum atomic E-state index is 11.9. The van der Waals surface area contributed by atoms with E-state index in [1.54, 1.807) is 18.2 Å². The summed E-state index contributed by atoms with van der Waals surface area (Å²) in [5.74, 6) is 0.319. The van der Waals surface area contributed by atoms with Crippen LogP contribution in [-0.2, 0) is 20.9 Å². The van der Waals surface area contributed by atoms with E-state index >= 15 is 0 Å². The smallest absolute Gasteiger partial charge is 0.330 e. The van der Waals surface area contributed by atoms with Crippen molar-refractivity contribution in [2.24, 2.45) is 0 Å². The summed E-state index contributed by atoms with van der Waals surface area (Å²) in [5.41, 5.74) is 0.643. The first-order valence-corrected chi connectivity index (χ1v) is 8.06. The topological polar surface area (TPSA) is 117 Å². The molecule has 2 aromatic rings. The Morgan fingerprint density at radius 3 is 2.70 bits per heavy atom. The molecule has 0 aliphatic rings. The predicted molar refractivity (Wildman–Crippen MR) is 95.1 cm³/mol. The van der Waals surface area contributed by atoms with E-state index in [9.17, 15) is 9.59 Å². The van der Waals surface area contributed by atoms with Crippen LogP contribution in [0.5, 0.6) is 11.5 Å². The number of methoxy groups -OCH3 is 2. The molecule has 144 valence electrons. The minimum atomic E-state index is -0.939. The van der Waals surface area contributed by atoms with Gasteiger partial charge in [0, 0.05) is 12.1 Å². The van der Waals surface area contributed by atoms with Crippen molar-refractivity contribution >= 4 is 11.9 Å². The Morgan fingerprint density at radius 2 is 2.04 bits per heavy atom. The molecule has 0 fully saturated rings. The fourth-order valence-corrected chi connectivity index (χ4v) is 2.12. The number of hydrogen-bond acceptors (Lipinski definition) is 8. The van der Waals surface area contributed by atoms with Crippen LogP contribution in [0.2, 0.25) is 0 Å². The molecule has 0 radical (unpaired) electrons. The third-order valence-corrected chi connectivity index (χ3v) is 3.46. The number of amides is 1. The third-order valence-electron chi connectivity index (χ3n) is 3.46. The summed E-state index contributed by atoms with van der Waals surface area (Å²) in [6, 6.07) is 5.16. The normalized spacial score (nSPS) is 11.4. The molecule has 0 saturated carbocycles. The van der Waals surface area contributed by atoms with Crippen LogP contribution < -0.4 is 14.8 Å². The van der Waals surface area contributed by atoms with Crippen LogP contribution in [0.25, 0.3) is 11.4 Å². The second-order valence-corrected chi connectivity index (χ2v) is 5.38. The van der Waals surface area contributed by atoms with Crippen molar-refractivity contribution in [2.45, 2.75) is 19.6 Å². The molecule has 1 aromatic carbocycles. The number of esters is 1. The molecule has 0 aliphatic heterocycles. The fraction of sp³-hybridized carbons (Fsp3) is 0.353. The van der Waals surface area contributed by atoms with Gasteiger partial charge in [-0.3, -0.25) is 4.79 Å². The van der Waals surface area contributed by atoms with Gasteiger partial charge >= 0.3 is 5.97 Å². The average Bonchev–Trinajstić information content (AvgIpc) is 3.13. The standard InChI is InChI=1S/C17H21N5O5/c1-5-8-18-17(24)11(2)27-15(23)10-22-20-16(19-21-22)12-6-7-13(25-3)14(9-12)26-4/h5-7,9,11H,1,8,10H2,2-4H3,(H,18,24)/t11-/m0/s1. The van der Waals surface area contributed by atoms with Crippen LogP contribution in [0.1, 0.15) is 6.92 Å². The molecule has 10 nitrogen and oxygen atoms in total. The maximum absolute atomic E-state index is 11.9. The van der Waals surface area contributed by atoms with E-state index in [4.69, 9.17) is 14.2 Å². The van der Waals surface area contributed by atoms with E-state index in [-0.39, 0.29) is 6.54 Å². The minimum Gasteiger partial charge on any atom is -0.493 e. The minimum absolute atomic E-state index is 0.278. The predicted octanol–water partition coefficient (Wildman–Crippen LogP) is 0.591. The summed E-state index contributed by atoms with van der Waals surface area (Å²) in [6.45, 7) is 4.98. The van der Waals surface area contributed by atoms with E-state index in [0.29, 0.717) is 29.4 Å². The van der Waals surface area contributed by atoms with Crippen molar-refractivity contribution < 1.29 is 23.8 Å². The van der Waals surface area contributed by atoms with Gasteiger partial charge in [-0.15, -0.1) is 16.8 Å². The quantitative estimate of drug-likeness (QED) is 0.500. The first-order chi connectivity index (χ1) is 13.0. The molecule has 10 heteroatoms. The van der Waals surface area contributed by atoms with Crippen molar-refractivity contribution in [3.8, 4) is 22.9 Å². The molecule has 1 N–H and O–H groups in total. The lowest BCUT2D eigenvalue weighted by Gasteiger charge is -2.12. The molecule has 0 bridgehead atoms. The molecule has 1 aromatic heterocycles. The summed E-state index contributed by atoms with van der Waals surface area (Å²) in [4.78, 5) is 24.7. The highest BCUT2D eigenvalue weighted by Crippen LogP contribution is 2.30. The number of nitrogens with one attached hydrogen (secondary N) is 1. The van der Waals surface area contributed by atoms with Gasteiger partial charge in [-0.1, -0.05) is 6.08 Å². The first kappa shape index (κ1) is 19.9. The van der Waals surface area contributed by atoms with Gasteiger partial charge in [-0.25, -0.2) is 4.79 Å². The molecule has 2 rings (SSSR count). The van der Waals surface area contributed by atoms with Crippen LogP contribution in [0, 0.1) is 0 Å². The molecule has 1 amide bonds. The van der Waals surface area contributed by atoms with Gasteiger partial charge in [0.15, 0.2) is 24.1 Å². The highest BCUT2D eigenvalue weighted by Gasteiger charge is 2.18. The van der Waals surface area contributed by atoms with Crippen LogP contribution in [0.15, 0.2) is 30.9 Å². The third kappa shape index (κ3) is 5.27. The summed E-state index contributed by atoms with van der Waals surface area (Å²) in [7, 11) is 3.06. The number of tetrazole rings is 1. The molecule has 0 unspecified atom stereocenters. The van der Waals surface area contributed by atoms with E-state index in [2.05, 4.69) is 27.3 Å². The summed E-state index contributed by atoms with van der Waals surface area (Å²) in [5, 5.41) is 14.4. The lowest BCUT2D eigenvalue weighted by atomic mass is 10.2. The SMILES string of the molecule is C=CCNC(=O)[C@H](C)OC(=O)Cn1nnc(-c2ccc(OC)c(OC)c2)n1. The zero-order valence-corrected chi connectivity index (χ0v) is 15.3. The average molecular weight is 375 g/mol. The number of hydrogen-bond donors (Lipinski definition) is 1. The Morgan fingerprint density at radius 1 is 1.30 bits per heavy atom. The van der Waals surface area contributed by atoms with Crippen LogP contribution in [0.3, 0.4) is 0 Å². The molecular formula is C17H21N5O5. The van der Waals surface area contributed by atoms with Crippen molar-refractivity contribution in [2.75, 3.05) is 20.8 Å². The number of aromatic nitrogens is 4. The van der Waals surface area contributed by atoms with Crippen molar-refractivity contribution in [1.29, 1.82) is 0 Å². The lowest BCUT2D eigenvalue weighted by molar-refractivity contribution is -0.155. The van der Waals surface area contributed by atoms with Gasteiger partial charge < -0.3 is 19.5 Å². The van der Waals surface area contributed by atoms with E-state index in [0.717, 1.165) is 4.80 Å². The van der Waals surface area contributed by atoms with Gasteiger partial charge in [0.25, 0.3) is 5.91 Å². The van der Waals surface area contributed by atoms with E-state index in [1.807, 2.05) is 0 Å². The van der Waals surface area contributed by atoms with Crippen LogP contribution >= 0.6 is 0 Å². The monoisotopic (exact) mass is 375 g/mol. The molecular weight excluding hydrogens is 354 g/mol. The Kier molecular flexibility index (Phi) is 6.86. The van der Waals surface area contributed by atoms with Crippen LogP contribution in [0.4, 0.5) is 0 Å². The number of ether oxygens (including phenoxy) is 3. The van der Waals surface area contributed by atoms with Gasteiger partial charge in [0.2, 0.25) is 5.82 Å². The summed E-state index contributed by atoms with van der Waals surface area (Å²) >= 11 is 0. The largest absolute Gasteiger partial charge is 0.493 e. The van der Waals surface area contributed by atoms with E-state index < -0.39 is 18.0 Å². The second kappa shape index (κ2) is 9.32. The zero-order valence-electron chi connectivity index (χ0n) is 15.3. The molecule has 0 saturated heterocycles. The Bertz CT molecular complexity index is 820. The molecule has 1 heterocycles. The van der Waals surface area contributed by atoms with Crippen molar-refractivity contribution in [3.05, 3.63) is 30.9 Å². The van der Waals surface area contributed by atoms with Gasteiger partial charge in [0.05, 0.1) is 14.2 Å². The first-order valence-electron chi connectivity index (χ1n) is 8.06. The van der Waals surface area contributed by atoms with Gasteiger partial charge in [-0.2, -0.15) is 4.80 Å².